The Morgan fingerprint density at radius 2 is 1.79 bits per heavy atom. The first kappa shape index (κ1) is 17.3. The van der Waals surface area contributed by atoms with Gasteiger partial charge in [0.1, 0.15) is 11.6 Å². The second kappa shape index (κ2) is 7.49. The first-order valence-electron chi connectivity index (χ1n) is 7.24. The molecule has 0 aliphatic carbocycles. The van der Waals surface area contributed by atoms with Gasteiger partial charge in [-0.3, -0.25) is 9.59 Å². The van der Waals surface area contributed by atoms with Gasteiger partial charge in [-0.25, -0.2) is 4.68 Å². The number of nitrogens with zero attached hydrogens (tertiary/aromatic N) is 4. The maximum Gasteiger partial charge on any atom is 0.166 e. The molecule has 2 aromatic rings. The minimum atomic E-state index is -0.0996. The molecule has 0 atom stereocenters. The summed E-state index contributed by atoms with van der Waals surface area (Å²) in [5.41, 5.74) is 0.422. The van der Waals surface area contributed by atoms with Crippen LogP contribution in [0.5, 0.6) is 11.5 Å². The monoisotopic (exact) mass is 330 g/mol. The molecule has 0 amide bonds. The van der Waals surface area contributed by atoms with Crippen molar-refractivity contribution in [2.24, 2.45) is 5.10 Å². The molecule has 8 nitrogen and oxygen atoms in total. The van der Waals surface area contributed by atoms with Gasteiger partial charge in [-0.05, 0) is 26.0 Å². The molecule has 0 unspecified atom stereocenters. The number of phenolic OH excluding ortho intramolecular Hbond substituents is 1. The first-order chi connectivity index (χ1) is 11.4. The summed E-state index contributed by atoms with van der Waals surface area (Å²) in [6.45, 7) is 2.86. The summed E-state index contributed by atoms with van der Waals surface area (Å²) in [4.78, 5) is 22.7. The number of hydrogen-bond acceptors (Lipinski definition) is 7. The van der Waals surface area contributed by atoms with E-state index in [9.17, 15) is 14.7 Å². The fourth-order valence-electron chi connectivity index (χ4n) is 2.08. The Labute approximate surface area is 138 Å². The summed E-state index contributed by atoms with van der Waals surface area (Å²) in [6, 6.07) is 4.98. The minimum Gasteiger partial charge on any atom is -0.504 e. The fraction of sp³-hybridized carbons (Fsp3) is 0.312. The summed E-state index contributed by atoms with van der Waals surface area (Å²) in [6.07, 6.45) is 1.49. The van der Waals surface area contributed by atoms with Crippen molar-refractivity contribution in [3.8, 4) is 11.5 Å². The molecule has 0 saturated heterocycles. The highest BCUT2D eigenvalue weighted by Crippen LogP contribution is 2.28. The SMILES string of the molecule is COc1cccc(/C=N\n2c(CC(C)=O)nnc2CC(C)=O)c1O. The number of Topliss-reactive ketones (excluding diaryl/α,β-unsaturated/α-hetero) is 2. The lowest BCUT2D eigenvalue weighted by Crippen LogP contribution is -2.09. The van der Waals surface area contributed by atoms with Gasteiger partial charge in [-0.1, -0.05) is 6.07 Å². The first-order valence-corrected chi connectivity index (χ1v) is 7.24. The predicted molar refractivity (Wildman–Crippen MR) is 86.4 cm³/mol. The van der Waals surface area contributed by atoms with Crippen molar-refractivity contribution in [2.75, 3.05) is 7.11 Å². The number of aromatic nitrogens is 3. The van der Waals surface area contributed by atoms with Crippen LogP contribution in [0.25, 0.3) is 0 Å². The molecular weight excluding hydrogens is 312 g/mol. The van der Waals surface area contributed by atoms with Gasteiger partial charge in [0.15, 0.2) is 23.1 Å². The number of phenols is 1. The number of carbonyl (C=O) groups is 2. The van der Waals surface area contributed by atoms with E-state index in [2.05, 4.69) is 15.3 Å². The Bertz CT molecular complexity index is 762. The molecule has 1 heterocycles. The zero-order valence-electron chi connectivity index (χ0n) is 13.7. The van der Waals surface area contributed by atoms with E-state index < -0.39 is 0 Å². The standard InChI is InChI=1S/C16H18N4O4/c1-10(21)7-14-18-19-15(8-11(2)22)20(14)17-9-12-5-4-6-13(24-3)16(12)23/h4-6,9,23H,7-8H2,1-3H3/b17-9-. The van der Waals surface area contributed by atoms with E-state index in [1.54, 1.807) is 18.2 Å². The predicted octanol–water partition coefficient (Wildman–Crippen LogP) is 1.14. The van der Waals surface area contributed by atoms with Crippen LogP contribution in [0.4, 0.5) is 0 Å². The number of aromatic hydroxyl groups is 1. The Balaban J connectivity index is 2.41. The molecule has 0 bridgehead atoms. The molecule has 8 heteroatoms. The van der Waals surface area contributed by atoms with Crippen LogP contribution in [0.1, 0.15) is 31.1 Å². The molecule has 0 aliphatic heterocycles. The van der Waals surface area contributed by atoms with Crippen LogP contribution < -0.4 is 4.74 Å². The average Bonchev–Trinajstić information content (AvgIpc) is 2.86. The van der Waals surface area contributed by atoms with E-state index in [4.69, 9.17) is 4.74 Å². The Kier molecular flexibility index (Phi) is 5.41. The van der Waals surface area contributed by atoms with Crippen molar-refractivity contribution < 1.29 is 19.4 Å². The molecule has 0 aliphatic rings. The van der Waals surface area contributed by atoms with Gasteiger partial charge in [0.25, 0.3) is 0 Å². The molecule has 1 aromatic heterocycles. The van der Waals surface area contributed by atoms with Crippen LogP contribution in [0.3, 0.4) is 0 Å². The maximum absolute atomic E-state index is 11.4. The third-order valence-corrected chi connectivity index (χ3v) is 3.15. The van der Waals surface area contributed by atoms with Crippen LogP contribution >= 0.6 is 0 Å². The third-order valence-electron chi connectivity index (χ3n) is 3.15. The second-order valence-electron chi connectivity index (χ2n) is 5.24. The summed E-state index contributed by atoms with van der Waals surface area (Å²) >= 11 is 0. The van der Waals surface area contributed by atoms with Crippen LogP contribution in [-0.4, -0.2) is 44.9 Å². The van der Waals surface area contributed by atoms with Gasteiger partial charge in [0.05, 0.1) is 26.2 Å². The molecule has 0 fully saturated rings. The number of hydrogen-bond donors (Lipinski definition) is 1. The van der Waals surface area contributed by atoms with Crippen molar-refractivity contribution in [3.63, 3.8) is 0 Å². The van der Waals surface area contributed by atoms with Gasteiger partial charge in [-0.2, -0.15) is 5.10 Å². The van der Waals surface area contributed by atoms with Gasteiger partial charge in [-0.15, -0.1) is 10.2 Å². The normalized spacial score (nSPS) is 11.0. The number of ether oxygens (including phenoxy) is 1. The molecule has 24 heavy (non-hydrogen) atoms. The second-order valence-corrected chi connectivity index (χ2v) is 5.24. The van der Waals surface area contributed by atoms with Crippen LogP contribution in [0.15, 0.2) is 23.3 Å². The Morgan fingerprint density at radius 3 is 2.29 bits per heavy atom. The number of rotatable bonds is 7. The Hall–Kier alpha value is -3.03. The lowest BCUT2D eigenvalue weighted by molar-refractivity contribution is -0.117. The molecule has 2 rings (SSSR count). The van der Waals surface area contributed by atoms with Crippen LogP contribution in [0, 0.1) is 0 Å². The third kappa shape index (κ3) is 4.03. The Morgan fingerprint density at radius 1 is 1.21 bits per heavy atom. The average molecular weight is 330 g/mol. The number of methoxy groups -OCH3 is 1. The van der Waals surface area contributed by atoms with E-state index in [0.717, 1.165) is 0 Å². The van der Waals surface area contributed by atoms with E-state index >= 15 is 0 Å². The summed E-state index contributed by atoms with van der Waals surface area (Å²) in [7, 11) is 1.45. The summed E-state index contributed by atoms with van der Waals surface area (Å²) < 4.78 is 6.39. The molecule has 1 aromatic carbocycles. The van der Waals surface area contributed by atoms with Crippen molar-refractivity contribution >= 4 is 17.8 Å². The van der Waals surface area contributed by atoms with Crippen LogP contribution in [-0.2, 0) is 22.4 Å². The topological polar surface area (TPSA) is 107 Å². The maximum atomic E-state index is 11.4. The molecular formula is C16H18N4O4. The van der Waals surface area contributed by atoms with Gasteiger partial charge in [0, 0.05) is 5.56 Å². The van der Waals surface area contributed by atoms with Crippen LogP contribution in [0.2, 0.25) is 0 Å². The summed E-state index contributed by atoms with van der Waals surface area (Å²) in [5, 5.41) is 22.1. The van der Waals surface area contributed by atoms with Gasteiger partial charge >= 0.3 is 0 Å². The molecule has 0 radical (unpaired) electrons. The number of ketones is 2. The quantitative estimate of drug-likeness (QED) is 0.763. The number of carbonyl (C=O) groups excluding carboxylic acids is 2. The van der Waals surface area contributed by atoms with Crippen molar-refractivity contribution in [1.29, 1.82) is 0 Å². The lowest BCUT2D eigenvalue weighted by Gasteiger charge is -2.06. The van der Waals surface area contributed by atoms with Crippen molar-refractivity contribution in [1.82, 2.24) is 14.9 Å². The number of benzene rings is 1. The molecule has 126 valence electrons. The highest BCUT2D eigenvalue weighted by molar-refractivity contribution is 5.85. The minimum absolute atomic E-state index is 0.0480. The highest BCUT2D eigenvalue weighted by atomic mass is 16.5. The molecule has 0 saturated carbocycles. The van der Waals surface area contributed by atoms with E-state index in [1.807, 2.05) is 0 Å². The number of para-hydroxylation sites is 1. The van der Waals surface area contributed by atoms with Crippen molar-refractivity contribution in [2.45, 2.75) is 26.7 Å². The molecule has 0 spiro atoms. The zero-order valence-corrected chi connectivity index (χ0v) is 13.7. The smallest absolute Gasteiger partial charge is 0.166 e. The zero-order chi connectivity index (χ0) is 17.7. The molecule has 1 N–H and O–H groups in total. The fourth-order valence-corrected chi connectivity index (χ4v) is 2.08. The van der Waals surface area contributed by atoms with Crippen molar-refractivity contribution in [3.05, 3.63) is 35.4 Å². The lowest BCUT2D eigenvalue weighted by atomic mass is 10.2. The van der Waals surface area contributed by atoms with E-state index in [1.165, 1.54) is 31.8 Å². The van der Waals surface area contributed by atoms with Gasteiger partial charge in [0.2, 0.25) is 0 Å². The largest absolute Gasteiger partial charge is 0.504 e. The summed E-state index contributed by atoms with van der Waals surface area (Å²) in [5.74, 6) is 0.721. The highest BCUT2D eigenvalue weighted by Gasteiger charge is 2.15. The van der Waals surface area contributed by atoms with E-state index in [-0.39, 0.29) is 30.2 Å². The van der Waals surface area contributed by atoms with E-state index in [0.29, 0.717) is 23.0 Å². The van der Waals surface area contributed by atoms with Gasteiger partial charge < -0.3 is 9.84 Å².